The second-order valence-electron chi connectivity index (χ2n) is 7.66. The van der Waals surface area contributed by atoms with E-state index in [0.29, 0.717) is 23.0 Å². The number of nitrogens with one attached hydrogen (secondary N) is 2. The third-order valence-corrected chi connectivity index (χ3v) is 5.28. The monoisotopic (exact) mass is 471 g/mol. The maximum atomic E-state index is 12.5. The first-order valence-corrected chi connectivity index (χ1v) is 11.2. The molecular weight excluding hydrogens is 446 g/mol. The number of rotatable bonds is 8. The predicted molar refractivity (Wildman–Crippen MR) is 109 cm³/mol. The summed E-state index contributed by atoms with van der Waals surface area (Å²) in [7, 11) is -4.87. The fourth-order valence-corrected chi connectivity index (χ4v) is 3.87. The molecule has 176 valence electrons. The number of hydrogen-bond donors (Lipinski definition) is 4. The fraction of sp³-hybridized carbons (Fsp3) is 0.500. The van der Waals surface area contributed by atoms with Crippen molar-refractivity contribution in [1.29, 1.82) is 0 Å². The van der Waals surface area contributed by atoms with Crippen LogP contribution >= 0.6 is 0 Å². The minimum atomic E-state index is -4.87. The minimum absolute atomic E-state index is 0.000779. The number of hydrogen-bond acceptors (Lipinski definition) is 8. The van der Waals surface area contributed by atoms with Crippen LogP contribution in [0.5, 0.6) is 5.75 Å². The molecule has 13 nitrogen and oxygen atoms in total. The van der Waals surface area contributed by atoms with Gasteiger partial charge in [0, 0.05) is 12.6 Å². The van der Waals surface area contributed by atoms with Gasteiger partial charge in [0.25, 0.3) is 5.91 Å². The summed E-state index contributed by atoms with van der Waals surface area (Å²) < 4.78 is 40.4. The summed E-state index contributed by atoms with van der Waals surface area (Å²) in [5, 5.41) is 0.544. The third-order valence-electron chi connectivity index (χ3n) is 4.93. The highest BCUT2D eigenvalue weighted by atomic mass is 32.3. The van der Waals surface area contributed by atoms with Gasteiger partial charge in [-0.25, -0.2) is 4.79 Å². The van der Waals surface area contributed by atoms with Crippen LogP contribution in [-0.2, 0) is 30.7 Å². The van der Waals surface area contributed by atoms with Gasteiger partial charge in [-0.3, -0.25) is 25.0 Å². The average Bonchev–Trinajstić information content (AvgIpc) is 2.95. The molecule has 14 heteroatoms. The zero-order chi connectivity index (χ0) is 23.5. The molecule has 2 fully saturated rings. The second-order valence-corrected chi connectivity index (χ2v) is 8.66. The largest absolute Gasteiger partial charge is 0.492 e. The van der Waals surface area contributed by atoms with Gasteiger partial charge in [0.05, 0.1) is 12.5 Å². The lowest BCUT2D eigenvalue weighted by molar-refractivity contribution is -0.131. The Morgan fingerprint density at radius 1 is 1.25 bits per heavy atom. The van der Waals surface area contributed by atoms with Crippen LogP contribution in [0.25, 0.3) is 0 Å². The molecule has 1 aromatic rings. The summed E-state index contributed by atoms with van der Waals surface area (Å²) in [6.07, 6.45) is 0.507. The van der Waals surface area contributed by atoms with Crippen molar-refractivity contribution in [3.8, 4) is 5.75 Å². The summed E-state index contributed by atoms with van der Waals surface area (Å²) in [6, 6.07) is 4.36. The zero-order valence-corrected chi connectivity index (χ0v) is 18.1. The number of amides is 4. The number of hydroxylamine groups is 2. The lowest BCUT2D eigenvalue weighted by Crippen LogP contribution is -2.54. The summed E-state index contributed by atoms with van der Waals surface area (Å²) >= 11 is 0. The Balaban J connectivity index is 1.48. The first kappa shape index (κ1) is 23.7. The van der Waals surface area contributed by atoms with Gasteiger partial charge in [-0.2, -0.15) is 13.5 Å². The molecule has 5 N–H and O–H groups in total. The highest BCUT2D eigenvalue weighted by Gasteiger charge is 2.49. The van der Waals surface area contributed by atoms with E-state index >= 15 is 0 Å². The Bertz CT molecular complexity index is 968. The Morgan fingerprint density at radius 2 is 1.94 bits per heavy atom. The molecule has 0 aliphatic carbocycles. The van der Waals surface area contributed by atoms with E-state index < -0.39 is 40.3 Å². The molecule has 4 amide bonds. The maximum Gasteiger partial charge on any atom is 0.418 e. The molecule has 2 saturated heterocycles. The van der Waals surface area contributed by atoms with Crippen LogP contribution < -0.4 is 21.3 Å². The van der Waals surface area contributed by atoms with E-state index in [9.17, 15) is 22.8 Å². The summed E-state index contributed by atoms with van der Waals surface area (Å²) in [5.41, 5.74) is 10.9. The first-order valence-electron chi connectivity index (χ1n) is 9.86. The van der Waals surface area contributed by atoms with E-state index in [0.717, 1.165) is 4.90 Å². The van der Waals surface area contributed by atoms with E-state index in [1.165, 1.54) is 0 Å². The van der Waals surface area contributed by atoms with E-state index in [1.54, 1.807) is 24.3 Å². The van der Waals surface area contributed by atoms with Gasteiger partial charge >= 0.3 is 16.4 Å². The van der Waals surface area contributed by atoms with Gasteiger partial charge < -0.3 is 15.4 Å². The van der Waals surface area contributed by atoms with Crippen molar-refractivity contribution in [2.45, 2.75) is 44.3 Å². The quantitative estimate of drug-likeness (QED) is 0.276. The van der Waals surface area contributed by atoms with Gasteiger partial charge in [0.1, 0.15) is 18.4 Å². The number of nitrogens with two attached hydrogens (primary N) is 1. The van der Waals surface area contributed by atoms with Crippen molar-refractivity contribution in [3.63, 3.8) is 0 Å². The number of benzene rings is 1. The normalized spacial score (nSPS) is 21.3. The SMILES string of the molecule is C[C@@H](N)COc1ccc(CC(=O)NNC(=O)[C@@H]2CC[C@@H]3CN2C(=O)N3OS(=O)(=O)O)cc1. The smallest absolute Gasteiger partial charge is 0.418 e. The molecule has 1 aromatic carbocycles. The van der Waals surface area contributed by atoms with Gasteiger partial charge in [-0.15, -0.1) is 4.28 Å². The number of piperidine rings is 1. The van der Waals surface area contributed by atoms with Crippen LogP contribution in [0, 0.1) is 0 Å². The molecule has 2 heterocycles. The van der Waals surface area contributed by atoms with E-state index in [4.69, 9.17) is 15.0 Å². The van der Waals surface area contributed by atoms with E-state index in [2.05, 4.69) is 15.1 Å². The number of nitrogens with zero attached hydrogens (tertiary/aromatic N) is 2. The lowest BCUT2D eigenvalue weighted by Gasteiger charge is -2.29. The molecule has 3 rings (SSSR count). The van der Waals surface area contributed by atoms with E-state index in [1.807, 2.05) is 6.92 Å². The molecular formula is C18H25N5O8S. The lowest BCUT2D eigenvalue weighted by atomic mass is 10.0. The van der Waals surface area contributed by atoms with Gasteiger partial charge in [-0.1, -0.05) is 12.1 Å². The van der Waals surface area contributed by atoms with E-state index in [-0.39, 0.29) is 31.8 Å². The summed E-state index contributed by atoms with van der Waals surface area (Å²) in [6.45, 7) is 2.24. The van der Waals surface area contributed by atoms with Crippen LogP contribution in [0.1, 0.15) is 25.3 Å². The van der Waals surface area contributed by atoms with Crippen LogP contribution in [0.4, 0.5) is 4.79 Å². The molecule has 0 saturated carbocycles. The zero-order valence-electron chi connectivity index (χ0n) is 17.3. The number of carbonyl (C=O) groups excluding carboxylic acids is 3. The molecule has 3 atom stereocenters. The summed E-state index contributed by atoms with van der Waals surface area (Å²) in [4.78, 5) is 38.1. The van der Waals surface area contributed by atoms with Crippen LogP contribution in [0.2, 0.25) is 0 Å². The Labute approximate surface area is 184 Å². The molecule has 2 aliphatic rings. The van der Waals surface area contributed by atoms with Gasteiger partial charge in [-0.05, 0) is 37.5 Å². The standard InChI is InChI=1S/C18H25N5O8S/c1-11(19)10-30-14-5-2-12(3-6-14)8-16(24)20-21-17(25)15-7-4-13-9-22(15)18(26)23(13)31-32(27,28)29/h2-3,5-6,11,13,15H,4,7-10,19H2,1H3,(H,20,24)(H,21,25)(H,27,28,29)/t11-,13-,15+/m1/s1. The molecule has 32 heavy (non-hydrogen) atoms. The third kappa shape index (κ3) is 6.06. The van der Waals surface area contributed by atoms with Crippen molar-refractivity contribution >= 4 is 28.2 Å². The first-order chi connectivity index (χ1) is 15.0. The number of ether oxygens (including phenoxy) is 1. The fourth-order valence-electron chi connectivity index (χ4n) is 3.48. The Kier molecular flexibility index (Phi) is 7.18. The number of carbonyl (C=O) groups is 3. The van der Waals surface area contributed by atoms with Crippen LogP contribution in [-0.4, -0.2) is 72.1 Å². The highest BCUT2D eigenvalue weighted by Crippen LogP contribution is 2.30. The molecule has 2 aliphatic heterocycles. The summed E-state index contributed by atoms with van der Waals surface area (Å²) in [5.74, 6) is -0.475. The number of hydrazine groups is 1. The Hall–Kier alpha value is -2.94. The van der Waals surface area contributed by atoms with Crippen molar-refractivity contribution in [2.24, 2.45) is 5.73 Å². The van der Waals surface area contributed by atoms with Crippen molar-refractivity contribution in [1.82, 2.24) is 20.8 Å². The predicted octanol–water partition coefficient (Wildman–Crippen LogP) is -0.894. The highest BCUT2D eigenvalue weighted by molar-refractivity contribution is 7.80. The second kappa shape index (κ2) is 9.68. The topological polar surface area (TPSA) is 181 Å². The minimum Gasteiger partial charge on any atom is -0.492 e. The number of urea groups is 1. The van der Waals surface area contributed by atoms with Crippen molar-refractivity contribution < 1.29 is 36.4 Å². The molecule has 0 unspecified atom stereocenters. The van der Waals surface area contributed by atoms with Crippen molar-refractivity contribution in [3.05, 3.63) is 29.8 Å². The molecule has 0 radical (unpaired) electrons. The molecule has 2 bridgehead atoms. The average molecular weight is 471 g/mol. The van der Waals surface area contributed by atoms with Crippen LogP contribution in [0.15, 0.2) is 24.3 Å². The molecule has 0 aromatic heterocycles. The number of fused-ring (bicyclic) bond motifs is 2. The van der Waals surface area contributed by atoms with Crippen molar-refractivity contribution in [2.75, 3.05) is 13.2 Å². The maximum absolute atomic E-state index is 12.5. The molecule has 0 spiro atoms. The Morgan fingerprint density at radius 3 is 2.56 bits per heavy atom. The van der Waals surface area contributed by atoms with Gasteiger partial charge in [0.2, 0.25) is 5.91 Å². The van der Waals surface area contributed by atoms with Gasteiger partial charge in [0.15, 0.2) is 0 Å². The van der Waals surface area contributed by atoms with Crippen LogP contribution in [0.3, 0.4) is 0 Å².